The van der Waals surface area contributed by atoms with Gasteiger partial charge >= 0.3 is 6.09 Å². The fourth-order valence-electron chi connectivity index (χ4n) is 4.33. The van der Waals surface area contributed by atoms with Gasteiger partial charge < -0.3 is 24.4 Å². The van der Waals surface area contributed by atoms with Gasteiger partial charge in [-0.1, -0.05) is 42.5 Å². The Hall–Kier alpha value is -3.71. The molecule has 1 aliphatic heterocycles. The number of anilines is 1. The summed E-state index contributed by atoms with van der Waals surface area (Å²) in [5, 5.41) is 2.85. The van der Waals surface area contributed by atoms with Crippen LogP contribution in [0.5, 0.6) is 17.2 Å². The van der Waals surface area contributed by atoms with Crippen LogP contribution in [-0.2, 0) is 0 Å². The van der Waals surface area contributed by atoms with Crippen molar-refractivity contribution in [2.24, 2.45) is 0 Å². The van der Waals surface area contributed by atoms with Crippen LogP contribution in [0.25, 0.3) is 11.1 Å². The molecule has 1 aliphatic rings. The van der Waals surface area contributed by atoms with E-state index in [4.69, 9.17) is 14.2 Å². The fraction of sp³-hybridized carbons (Fsp3) is 0.321. The summed E-state index contributed by atoms with van der Waals surface area (Å²) in [5.41, 5.74) is 3.14. The molecule has 4 rings (SSSR count). The molecule has 1 heterocycles. The number of carbonyl (C=O) groups excluding carboxylic acids is 1. The molecule has 184 valence electrons. The molecule has 0 aromatic heterocycles. The first-order valence-electron chi connectivity index (χ1n) is 12.0. The van der Waals surface area contributed by atoms with Crippen molar-refractivity contribution in [2.75, 3.05) is 58.4 Å². The normalized spacial score (nSPS) is 13.8. The van der Waals surface area contributed by atoms with E-state index in [1.807, 2.05) is 54.6 Å². The van der Waals surface area contributed by atoms with Crippen LogP contribution in [-0.4, -0.2) is 64.5 Å². The van der Waals surface area contributed by atoms with Gasteiger partial charge in [-0.2, -0.15) is 0 Å². The van der Waals surface area contributed by atoms with Crippen LogP contribution < -0.4 is 24.4 Å². The van der Waals surface area contributed by atoms with E-state index in [0.29, 0.717) is 18.0 Å². The van der Waals surface area contributed by atoms with Gasteiger partial charge in [0.1, 0.15) is 17.2 Å². The zero-order valence-electron chi connectivity index (χ0n) is 20.4. The van der Waals surface area contributed by atoms with Crippen LogP contribution in [0.1, 0.15) is 6.42 Å². The number of hydrogen-bond acceptors (Lipinski definition) is 6. The van der Waals surface area contributed by atoms with Crippen molar-refractivity contribution < 1.29 is 19.0 Å². The van der Waals surface area contributed by atoms with E-state index in [2.05, 4.69) is 21.2 Å². The van der Waals surface area contributed by atoms with E-state index < -0.39 is 6.09 Å². The Bertz CT molecular complexity index is 1100. The molecular weight excluding hydrogens is 442 g/mol. The summed E-state index contributed by atoms with van der Waals surface area (Å²) in [4.78, 5) is 17.1. The first-order valence-corrected chi connectivity index (χ1v) is 12.0. The average molecular weight is 476 g/mol. The van der Waals surface area contributed by atoms with Gasteiger partial charge in [0.05, 0.1) is 19.9 Å². The van der Waals surface area contributed by atoms with Gasteiger partial charge in [0.15, 0.2) is 0 Å². The molecule has 7 nitrogen and oxygen atoms in total. The summed E-state index contributed by atoms with van der Waals surface area (Å²) in [6.07, 6.45) is 0.403. The van der Waals surface area contributed by atoms with Crippen LogP contribution in [0.4, 0.5) is 10.5 Å². The van der Waals surface area contributed by atoms with E-state index in [1.54, 1.807) is 26.4 Å². The van der Waals surface area contributed by atoms with E-state index in [1.165, 1.54) is 0 Å². The lowest BCUT2D eigenvalue weighted by Crippen LogP contribution is -2.47. The molecule has 3 aromatic rings. The molecule has 0 saturated carbocycles. The molecule has 0 spiro atoms. The predicted octanol–water partition coefficient (Wildman–Crippen LogP) is 4.67. The zero-order valence-corrected chi connectivity index (χ0v) is 20.4. The average Bonchev–Trinajstić information content (AvgIpc) is 2.92. The van der Waals surface area contributed by atoms with Gasteiger partial charge in [-0.3, -0.25) is 4.90 Å². The highest BCUT2D eigenvalue weighted by Crippen LogP contribution is 2.33. The van der Waals surface area contributed by atoms with Crippen molar-refractivity contribution in [1.82, 2.24) is 10.2 Å². The van der Waals surface area contributed by atoms with Crippen LogP contribution in [0.3, 0.4) is 0 Å². The number of amides is 1. The minimum absolute atomic E-state index is 0.450. The molecule has 1 saturated heterocycles. The molecule has 1 N–H and O–H groups in total. The van der Waals surface area contributed by atoms with Crippen molar-refractivity contribution in [1.29, 1.82) is 0 Å². The number of ether oxygens (including phenoxy) is 3. The summed E-state index contributed by atoms with van der Waals surface area (Å²) in [6, 6.07) is 23.5. The summed E-state index contributed by atoms with van der Waals surface area (Å²) in [6.45, 7) is 5.36. The molecule has 7 heteroatoms. The first kappa shape index (κ1) is 24.4. The summed E-state index contributed by atoms with van der Waals surface area (Å²) < 4.78 is 16.5. The monoisotopic (exact) mass is 475 g/mol. The van der Waals surface area contributed by atoms with Crippen molar-refractivity contribution in [3.8, 4) is 28.4 Å². The number of piperazine rings is 1. The maximum Gasteiger partial charge on any atom is 0.412 e. The molecule has 0 atom stereocenters. The first-order chi connectivity index (χ1) is 17.2. The summed E-state index contributed by atoms with van der Waals surface area (Å²) in [7, 11) is 3.32. The van der Waals surface area contributed by atoms with Gasteiger partial charge in [-0.05, 0) is 42.8 Å². The number of rotatable bonds is 9. The standard InChI is InChI=1S/C28H33N3O4/c1-33-26-12-7-6-11-25(26)31-19-17-30(18-20-31)16-8-15-29-28(32)35-23-13-14-24(27(21-23)34-2)22-9-4-3-5-10-22/h3-7,9-14,21H,8,15-20H2,1-2H3,(H,29,32). The molecule has 0 bridgehead atoms. The Kier molecular flexibility index (Phi) is 8.46. The Morgan fingerprint density at radius 3 is 2.31 bits per heavy atom. The molecule has 1 fully saturated rings. The smallest absolute Gasteiger partial charge is 0.412 e. The lowest BCUT2D eigenvalue weighted by molar-refractivity contribution is 0.198. The number of benzene rings is 3. The highest BCUT2D eigenvalue weighted by molar-refractivity contribution is 5.74. The van der Waals surface area contributed by atoms with Crippen LogP contribution in [0.2, 0.25) is 0 Å². The largest absolute Gasteiger partial charge is 0.496 e. The Balaban J connectivity index is 1.18. The Labute approximate surface area is 207 Å². The molecule has 0 unspecified atom stereocenters. The second kappa shape index (κ2) is 12.1. The van der Waals surface area contributed by atoms with E-state index in [9.17, 15) is 4.79 Å². The third kappa shape index (κ3) is 6.45. The van der Waals surface area contributed by atoms with Crippen molar-refractivity contribution in [2.45, 2.75) is 6.42 Å². The topological polar surface area (TPSA) is 63.3 Å². The van der Waals surface area contributed by atoms with Gasteiger partial charge in [-0.15, -0.1) is 0 Å². The minimum Gasteiger partial charge on any atom is -0.496 e. The number of nitrogens with zero attached hydrogens (tertiary/aromatic N) is 2. The Morgan fingerprint density at radius 1 is 0.857 bits per heavy atom. The SMILES string of the molecule is COc1cc(OC(=O)NCCCN2CCN(c3ccccc3OC)CC2)ccc1-c1ccccc1. The number of hydrogen-bond donors (Lipinski definition) is 1. The highest BCUT2D eigenvalue weighted by Gasteiger charge is 2.19. The summed E-state index contributed by atoms with van der Waals surface area (Å²) in [5.74, 6) is 2.02. The molecule has 0 aliphatic carbocycles. The molecular formula is C28H33N3O4. The highest BCUT2D eigenvalue weighted by atomic mass is 16.6. The third-order valence-corrected chi connectivity index (χ3v) is 6.19. The van der Waals surface area contributed by atoms with E-state index in [0.717, 1.165) is 61.7 Å². The van der Waals surface area contributed by atoms with Crippen molar-refractivity contribution in [3.05, 3.63) is 72.8 Å². The maximum atomic E-state index is 12.3. The van der Waals surface area contributed by atoms with Crippen LogP contribution in [0, 0.1) is 0 Å². The van der Waals surface area contributed by atoms with Crippen LogP contribution >= 0.6 is 0 Å². The lowest BCUT2D eigenvalue weighted by Gasteiger charge is -2.36. The Morgan fingerprint density at radius 2 is 1.57 bits per heavy atom. The van der Waals surface area contributed by atoms with E-state index in [-0.39, 0.29) is 0 Å². The van der Waals surface area contributed by atoms with Gasteiger partial charge in [-0.25, -0.2) is 4.79 Å². The molecule has 1 amide bonds. The van der Waals surface area contributed by atoms with Gasteiger partial charge in [0, 0.05) is 44.4 Å². The summed E-state index contributed by atoms with van der Waals surface area (Å²) >= 11 is 0. The number of para-hydroxylation sites is 2. The number of carbonyl (C=O) groups is 1. The fourth-order valence-corrected chi connectivity index (χ4v) is 4.33. The predicted molar refractivity (Wildman–Crippen MR) is 139 cm³/mol. The van der Waals surface area contributed by atoms with Gasteiger partial charge in [0.25, 0.3) is 0 Å². The molecule has 0 radical (unpaired) electrons. The van der Waals surface area contributed by atoms with Crippen molar-refractivity contribution >= 4 is 11.8 Å². The number of methoxy groups -OCH3 is 2. The van der Waals surface area contributed by atoms with E-state index >= 15 is 0 Å². The van der Waals surface area contributed by atoms with Gasteiger partial charge in [0.2, 0.25) is 0 Å². The van der Waals surface area contributed by atoms with Crippen LogP contribution in [0.15, 0.2) is 72.8 Å². The molecule has 3 aromatic carbocycles. The zero-order chi connectivity index (χ0) is 24.5. The quantitative estimate of drug-likeness (QED) is 0.454. The molecule has 35 heavy (non-hydrogen) atoms. The van der Waals surface area contributed by atoms with Crippen molar-refractivity contribution in [3.63, 3.8) is 0 Å². The lowest BCUT2D eigenvalue weighted by atomic mass is 10.0. The number of nitrogens with one attached hydrogen (secondary N) is 1. The second-order valence-electron chi connectivity index (χ2n) is 8.40. The minimum atomic E-state index is -0.458. The second-order valence-corrected chi connectivity index (χ2v) is 8.40. The third-order valence-electron chi connectivity index (χ3n) is 6.19. The maximum absolute atomic E-state index is 12.3.